The molecule has 1 aromatic carbocycles. The number of aromatic nitrogens is 3. The lowest BCUT2D eigenvalue weighted by Gasteiger charge is -2.45. The maximum Gasteiger partial charge on any atom is 0.259 e. The number of ether oxygens (including phenoxy) is 1. The molecule has 1 amide bonds. The van der Waals surface area contributed by atoms with Crippen LogP contribution in [0.4, 0.5) is 21.7 Å². The number of carbonyl (C=O) groups is 1. The molecule has 0 aliphatic carbocycles. The summed E-state index contributed by atoms with van der Waals surface area (Å²) in [6.07, 6.45) is 1.07. The van der Waals surface area contributed by atoms with Gasteiger partial charge in [0.2, 0.25) is 5.95 Å². The van der Waals surface area contributed by atoms with Crippen molar-refractivity contribution in [1.29, 1.82) is 0 Å². The number of nitrogens with zero attached hydrogens (tertiary/aromatic N) is 5. The van der Waals surface area contributed by atoms with Gasteiger partial charge in [-0.05, 0) is 36.6 Å². The molecule has 10 heteroatoms. The molecule has 9 nitrogen and oxygen atoms in total. The molecule has 2 aliphatic rings. The molecule has 1 fully saturated rings. The molecule has 0 spiro atoms. The number of aliphatic hydroxyl groups excluding tert-OH is 1. The van der Waals surface area contributed by atoms with E-state index in [4.69, 9.17) is 4.74 Å². The van der Waals surface area contributed by atoms with Crippen LogP contribution >= 0.6 is 0 Å². The molecule has 4 heterocycles. The Morgan fingerprint density at radius 3 is 2.69 bits per heavy atom. The average Bonchev–Trinajstić information content (AvgIpc) is 3.17. The van der Waals surface area contributed by atoms with Crippen LogP contribution in [0.1, 0.15) is 42.8 Å². The summed E-state index contributed by atoms with van der Waals surface area (Å²) in [4.78, 5) is 25.5. The SMILES string of the molecule is Cc1cc(C(C)C)c(C(O)C(=O)Nc2ccc3c(c2)OCC2CN(c4ncc(F)cn4)CCN32)n1C. The maximum atomic E-state index is 13.2. The number of hydrogen-bond acceptors (Lipinski definition) is 7. The molecular weight excluding hydrogens is 463 g/mol. The van der Waals surface area contributed by atoms with Crippen molar-refractivity contribution in [2.24, 2.45) is 7.05 Å². The van der Waals surface area contributed by atoms with Crippen molar-refractivity contribution in [3.63, 3.8) is 0 Å². The molecule has 190 valence electrons. The maximum absolute atomic E-state index is 13.2. The molecule has 0 saturated carbocycles. The number of carbonyl (C=O) groups excluding carboxylic acids is 1. The number of nitrogens with one attached hydrogen (secondary N) is 1. The lowest BCUT2D eigenvalue weighted by Crippen LogP contribution is -2.57. The highest BCUT2D eigenvalue weighted by atomic mass is 19.1. The van der Waals surface area contributed by atoms with Crippen molar-refractivity contribution in [1.82, 2.24) is 14.5 Å². The van der Waals surface area contributed by atoms with E-state index >= 15 is 0 Å². The predicted octanol–water partition coefficient (Wildman–Crippen LogP) is 3.15. The van der Waals surface area contributed by atoms with Gasteiger partial charge in [0.15, 0.2) is 11.9 Å². The third-order valence-corrected chi connectivity index (χ3v) is 7.02. The van der Waals surface area contributed by atoms with Crippen LogP contribution < -0.4 is 19.9 Å². The highest BCUT2D eigenvalue weighted by Crippen LogP contribution is 2.38. The number of piperazine rings is 1. The Hall–Kier alpha value is -3.66. The predicted molar refractivity (Wildman–Crippen MR) is 135 cm³/mol. The largest absolute Gasteiger partial charge is 0.489 e. The van der Waals surface area contributed by atoms with E-state index in [0.717, 1.165) is 23.5 Å². The van der Waals surface area contributed by atoms with E-state index < -0.39 is 17.8 Å². The van der Waals surface area contributed by atoms with Crippen LogP contribution in [0, 0.1) is 12.7 Å². The first-order chi connectivity index (χ1) is 17.2. The summed E-state index contributed by atoms with van der Waals surface area (Å²) in [5.74, 6) is 0.430. The van der Waals surface area contributed by atoms with Crippen LogP contribution in [-0.2, 0) is 11.8 Å². The Morgan fingerprint density at radius 1 is 1.22 bits per heavy atom. The van der Waals surface area contributed by atoms with E-state index in [2.05, 4.69) is 20.2 Å². The van der Waals surface area contributed by atoms with Crippen molar-refractivity contribution in [2.45, 2.75) is 38.8 Å². The van der Waals surface area contributed by atoms with Gasteiger partial charge in [0.05, 0.1) is 29.8 Å². The van der Waals surface area contributed by atoms with Gasteiger partial charge in [0.25, 0.3) is 5.91 Å². The van der Waals surface area contributed by atoms with Gasteiger partial charge in [-0.2, -0.15) is 0 Å². The van der Waals surface area contributed by atoms with Gasteiger partial charge in [-0.15, -0.1) is 0 Å². The Bertz CT molecular complexity index is 1280. The molecular formula is C26H31FN6O3. The van der Waals surface area contributed by atoms with E-state index in [1.54, 1.807) is 6.07 Å². The monoisotopic (exact) mass is 494 g/mol. The zero-order valence-corrected chi connectivity index (χ0v) is 20.9. The van der Waals surface area contributed by atoms with Gasteiger partial charge >= 0.3 is 0 Å². The summed E-state index contributed by atoms with van der Waals surface area (Å²) in [7, 11) is 1.86. The third-order valence-electron chi connectivity index (χ3n) is 7.02. The number of rotatable bonds is 5. The van der Waals surface area contributed by atoms with E-state index in [-0.39, 0.29) is 12.0 Å². The van der Waals surface area contributed by atoms with Crippen molar-refractivity contribution < 1.29 is 19.0 Å². The zero-order valence-electron chi connectivity index (χ0n) is 20.9. The Labute approximate surface area is 209 Å². The summed E-state index contributed by atoms with van der Waals surface area (Å²) in [5.41, 5.74) is 4.07. The molecule has 2 aliphatic heterocycles. The molecule has 2 N–H and O–H groups in total. The van der Waals surface area contributed by atoms with Gasteiger partial charge < -0.3 is 29.5 Å². The second kappa shape index (κ2) is 9.42. The Morgan fingerprint density at radius 2 is 1.97 bits per heavy atom. The van der Waals surface area contributed by atoms with Crippen molar-refractivity contribution in [3.05, 3.63) is 59.4 Å². The van der Waals surface area contributed by atoms with Crippen LogP contribution in [0.5, 0.6) is 5.75 Å². The second-order valence-electron chi connectivity index (χ2n) is 9.72. The number of amides is 1. The summed E-state index contributed by atoms with van der Waals surface area (Å²) in [6, 6.07) is 7.66. The Kier molecular flexibility index (Phi) is 6.29. The molecule has 3 aromatic rings. The summed E-state index contributed by atoms with van der Waals surface area (Å²) >= 11 is 0. The fourth-order valence-electron chi connectivity index (χ4n) is 5.01. The van der Waals surface area contributed by atoms with Gasteiger partial charge in [-0.3, -0.25) is 4.79 Å². The molecule has 0 bridgehead atoms. The van der Waals surface area contributed by atoms with Crippen molar-refractivity contribution >= 4 is 23.2 Å². The van der Waals surface area contributed by atoms with E-state index in [0.29, 0.717) is 42.8 Å². The van der Waals surface area contributed by atoms with Crippen LogP contribution in [0.2, 0.25) is 0 Å². The van der Waals surface area contributed by atoms with Crippen LogP contribution in [0.3, 0.4) is 0 Å². The minimum absolute atomic E-state index is 0.0946. The van der Waals surface area contributed by atoms with Crippen LogP contribution in [0.25, 0.3) is 0 Å². The fraction of sp³-hybridized carbons (Fsp3) is 0.423. The lowest BCUT2D eigenvalue weighted by molar-refractivity contribution is -0.124. The van der Waals surface area contributed by atoms with E-state index in [9.17, 15) is 14.3 Å². The summed E-state index contributed by atoms with van der Waals surface area (Å²) in [6.45, 7) is 8.60. The highest BCUT2D eigenvalue weighted by Gasteiger charge is 2.34. The first kappa shape index (κ1) is 24.1. The number of anilines is 3. The van der Waals surface area contributed by atoms with Gasteiger partial charge in [0, 0.05) is 44.1 Å². The number of halogens is 1. The minimum atomic E-state index is -1.29. The average molecular weight is 495 g/mol. The molecule has 5 rings (SSSR count). The highest BCUT2D eigenvalue weighted by molar-refractivity contribution is 5.95. The molecule has 0 radical (unpaired) electrons. The molecule has 36 heavy (non-hydrogen) atoms. The topological polar surface area (TPSA) is 95.8 Å². The third kappa shape index (κ3) is 4.37. The van der Waals surface area contributed by atoms with Gasteiger partial charge in [0.1, 0.15) is 12.4 Å². The molecule has 1 saturated heterocycles. The number of hydrogen-bond donors (Lipinski definition) is 2. The summed E-state index contributed by atoms with van der Waals surface area (Å²) in [5, 5.41) is 13.7. The van der Waals surface area contributed by atoms with Gasteiger partial charge in [-0.25, -0.2) is 14.4 Å². The molecule has 2 unspecified atom stereocenters. The fourth-order valence-corrected chi connectivity index (χ4v) is 5.01. The van der Waals surface area contributed by atoms with Crippen LogP contribution in [0.15, 0.2) is 36.7 Å². The zero-order chi connectivity index (χ0) is 25.6. The second-order valence-corrected chi connectivity index (χ2v) is 9.72. The van der Waals surface area contributed by atoms with Crippen molar-refractivity contribution in [2.75, 3.05) is 41.4 Å². The van der Waals surface area contributed by atoms with Crippen LogP contribution in [-0.4, -0.2) is 57.8 Å². The Balaban J connectivity index is 1.29. The number of benzene rings is 1. The number of fused-ring (bicyclic) bond motifs is 3. The molecule has 2 atom stereocenters. The minimum Gasteiger partial charge on any atom is -0.489 e. The van der Waals surface area contributed by atoms with E-state index in [1.807, 2.05) is 55.5 Å². The number of aliphatic hydroxyl groups is 1. The first-order valence-corrected chi connectivity index (χ1v) is 12.1. The smallest absolute Gasteiger partial charge is 0.259 e. The van der Waals surface area contributed by atoms with Crippen molar-refractivity contribution in [3.8, 4) is 5.75 Å². The lowest BCUT2D eigenvalue weighted by atomic mass is 10.0. The van der Waals surface area contributed by atoms with Gasteiger partial charge in [-0.1, -0.05) is 13.8 Å². The van der Waals surface area contributed by atoms with E-state index in [1.165, 1.54) is 12.4 Å². The first-order valence-electron chi connectivity index (χ1n) is 12.1. The standard InChI is InChI=1S/C26H31FN6O3/c1-15(2)20-9-16(3)31(4)23(20)24(34)25(35)30-18-5-6-21-22(10-18)36-14-19-13-32(7-8-33(19)21)26-28-11-17(27)12-29-26/h5-6,9-12,15,19,24,34H,7-8,13-14H2,1-4H3,(H,30,35). The number of aryl methyl sites for hydroxylation is 1. The normalized spacial score (nSPS) is 17.9. The summed E-state index contributed by atoms with van der Waals surface area (Å²) < 4.78 is 21.1. The molecule has 2 aromatic heterocycles. The quantitative estimate of drug-likeness (QED) is 0.563.